The lowest BCUT2D eigenvalue weighted by molar-refractivity contribution is 0.474. The van der Waals surface area contributed by atoms with Crippen LogP contribution in [0.1, 0.15) is 11.1 Å². The second-order valence-corrected chi connectivity index (χ2v) is 4.53. The van der Waals surface area contributed by atoms with Gasteiger partial charge >= 0.3 is 5.82 Å². The number of hydrogen-bond acceptors (Lipinski definition) is 5. The van der Waals surface area contributed by atoms with Crippen LogP contribution in [-0.4, -0.2) is 22.6 Å². The summed E-state index contributed by atoms with van der Waals surface area (Å²) in [6.45, 7) is 7.15. The van der Waals surface area contributed by atoms with Crippen molar-refractivity contribution < 1.29 is 10.2 Å². The summed E-state index contributed by atoms with van der Waals surface area (Å²) in [5.74, 6) is -0.185. The molecule has 0 amide bonds. The minimum absolute atomic E-state index is 0.0145. The predicted octanol–water partition coefficient (Wildman–Crippen LogP) is 3.25. The van der Waals surface area contributed by atoms with E-state index < -0.39 is 0 Å². The molecule has 0 aliphatic rings. The highest BCUT2D eigenvalue weighted by molar-refractivity contribution is 5.85. The monoisotopic (exact) mass is 316 g/mol. The molecular formula is C18H12N4O2. The highest BCUT2D eigenvalue weighted by Gasteiger charge is 2.06. The number of hydrogen-bond donors (Lipinski definition) is 2. The Hall–Kier alpha value is -3.90. The summed E-state index contributed by atoms with van der Waals surface area (Å²) >= 11 is 0. The van der Waals surface area contributed by atoms with Crippen molar-refractivity contribution >= 4 is 12.4 Å². The predicted molar refractivity (Wildman–Crippen MR) is 90.6 cm³/mol. The molecule has 0 saturated heterocycles. The lowest BCUT2D eigenvalue weighted by atomic mass is 10.2. The summed E-state index contributed by atoms with van der Waals surface area (Å²) in [6, 6.07) is 14.8. The van der Waals surface area contributed by atoms with Crippen LogP contribution in [0.2, 0.25) is 0 Å². The van der Waals surface area contributed by atoms with Crippen molar-refractivity contribution in [3.05, 3.63) is 82.6 Å². The zero-order chi connectivity index (χ0) is 17.4. The SMILES string of the molecule is [C-]#[N+]C(N=Cc1ccccc1O)=C(C#N)N=Cc1ccccc1O. The van der Waals surface area contributed by atoms with Crippen LogP contribution in [0.5, 0.6) is 11.5 Å². The van der Waals surface area contributed by atoms with Crippen molar-refractivity contribution in [2.24, 2.45) is 9.98 Å². The van der Waals surface area contributed by atoms with E-state index in [1.165, 1.54) is 24.6 Å². The van der Waals surface area contributed by atoms with Crippen LogP contribution in [0.25, 0.3) is 4.85 Å². The molecule has 0 bridgehead atoms. The van der Waals surface area contributed by atoms with E-state index in [0.29, 0.717) is 11.1 Å². The van der Waals surface area contributed by atoms with Gasteiger partial charge in [0.2, 0.25) is 0 Å². The largest absolute Gasteiger partial charge is 0.507 e. The number of allylic oxidation sites excluding steroid dienone is 1. The first-order valence-corrected chi connectivity index (χ1v) is 6.81. The number of rotatable bonds is 4. The molecule has 0 heterocycles. The lowest BCUT2D eigenvalue weighted by Crippen LogP contribution is -1.87. The zero-order valence-electron chi connectivity index (χ0n) is 12.5. The van der Waals surface area contributed by atoms with E-state index in [2.05, 4.69) is 14.8 Å². The van der Waals surface area contributed by atoms with E-state index in [-0.39, 0.29) is 23.0 Å². The number of phenols is 2. The van der Waals surface area contributed by atoms with Gasteiger partial charge in [0.25, 0.3) is 0 Å². The third kappa shape index (κ3) is 4.06. The number of aliphatic imine (C=N–C) groups is 2. The minimum Gasteiger partial charge on any atom is -0.507 e. The Kier molecular flexibility index (Phi) is 5.44. The smallest absolute Gasteiger partial charge is 0.306 e. The third-order valence-electron chi connectivity index (χ3n) is 2.96. The van der Waals surface area contributed by atoms with Crippen LogP contribution in [-0.2, 0) is 0 Å². The number of para-hydroxylation sites is 2. The second-order valence-electron chi connectivity index (χ2n) is 4.53. The van der Waals surface area contributed by atoms with Crippen molar-refractivity contribution in [1.29, 1.82) is 5.26 Å². The number of aromatic hydroxyl groups is 2. The number of nitrogens with zero attached hydrogens (tertiary/aromatic N) is 4. The van der Waals surface area contributed by atoms with Crippen molar-refractivity contribution in [3.63, 3.8) is 0 Å². The van der Waals surface area contributed by atoms with Gasteiger partial charge in [0.1, 0.15) is 23.8 Å². The second kappa shape index (κ2) is 7.92. The summed E-state index contributed by atoms with van der Waals surface area (Å²) < 4.78 is 0. The zero-order valence-corrected chi connectivity index (χ0v) is 12.5. The molecule has 0 aromatic heterocycles. The minimum atomic E-state index is -0.215. The normalized spacial score (nSPS) is 11.9. The number of nitriles is 1. The summed E-state index contributed by atoms with van der Waals surface area (Å²) in [6.07, 6.45) is 2.57. The summed E-state index contributed by atoms with van der Waals surface area (Å²) in [5, 5.41) is 28.5. The van der Waals surface area contributed by atoms with Crippen molar-refractivity contribution in [1.82, 2.24) is 0 Å². The highest BCUT2D eigenvalue weighted by atomic mass is 16.3. The van der Waals surface area contributed by atoms with E-state index in [1.54, 1.807) is 42.5 Å². The Morgan fingerprint density at radius 2 is 1.46 bits per heavy atom. The highest BCUT2D eigenvalue weighted by Crippen LogP contribution is 2.16. The van der Waals surface area contributed by atoms with Gasteiger partial charge in [-0.05, 0) is 24.3 Å². The molecule has 2 N–H and O–H groups in total. The first-order valence-electron chi connectivity index (χ1n) is 6.81. The van der Waals surface area contributed by atoms with Crippen molar-refractivity contribution in [3.8, 4) is 17.6 Å². The van der Waals surface area contributed by atoms with Crippen LogP contribution in [0.4, 0.5) is 0 Å². The summed E-state index contributed by atoms with van der Waals surface area (Å²) in [7, 11) is 0. The molecule has 6 heteroatoms. The van der Waals surface area contributed by atoms with Gasteiger partial charge < -0.3 is 15.1 Å². The fraction of sp³-hybridized carbons (Fsp3) is 0. The van der Waals surface area contributed by atoms with Crippen molar-refractivity contribution in [2.45, 2.75) is 0 Å². The molecule has 0 saturated carbocycles. The Labute approximate surface area is 138 Å². The molecule has 6 nitrogen and oxygen atoms in total. The van der Waals surface area contributed by atoms with E-state index in [4.69, 9.17) is 6.57 Å². The van der Waals surface area contributed by atoms with Crippen LogP contribution in [0.3, 0.4) is 0 Å². The molecule has 0 radical (unpaired) electrons. The maximum absolute atomic E-state index is 9.67. The van der Waals surface area contributed by atoms with Gasteiger partial charge in [0.15, 0.2) is 5.70 Å². The topological polar surface area (TPSA) is 93.3 Å². The van der Waals surface area contributed by atoms with Crippen molar-refractivity contribution in [2.75, 3.05) is 0 Å². The van der Waals surface area contributed by atoms with Gasteiger partial charge in [-0.2, -0.15) is 5.26 Å². The molecule has 24 heavy (non-hydrogen) atoms. The first kappa shape index (κ1) is 16.5. The quantitative estimate of drug-likeness (QED) is 0.515. The molecule has 0 aliphatic heterocycles. The molecule has 2 aromatic carbocycles. The number of phenolic OH excluding ortho intramolecular Hbond substituents is 2. The molecule has 0 aliphatic carbocycles. The van der Waals surface area contributed by atoms with Gasteiger partial charge in [-0.15, -0.1) is 4.99 Å². The van der Waals surface area contributed by atoms with E-state index in [9.17, 15) is 15.5 Å². The molecule has 0 unspecified atom stereocenters. The maximum Gasteiger partial charge on any atom is 0.306 e. The molecule has 2 rings (SSSR count). The van der Waals surface area contributed by atoms with Crippen LogP contribution < -0.4 is 0 Å². The van der Waals surface area contributed by atoms with Gasteiger partial charge in [-0.3, -0.25) is 4.99 Å². The van der Waals surface area contributed by atoms with Crippen LogP contribution >= 0.6 is 0 Å². The van der Waals surface area contributed by atoms with Gasteiger partial charge in [0, 0.05) is 11.8 Å². The van der Waals surface area contributed by atoms with E-state index in [1.807, 2.05) is 0 Å². The van der Waals surface area contributed by atoms with Gasteiger partial charge in [-0.25, -0.2) is 0 Å². The summed E-state index contributed by atoms with van der Waals surface area (Å²) in [5.41, 5.74) is 0.639. The lowest BCUT2D eigenvalue weighted by Gasteiger charge is -1.97. The fourth-order valence-electron chi connectivity index (χ4n) is 1.74. The Bertz CT molecular complexity index is 840. The van der Waals surface area contributed by atoms with Crippen LogP contribution in [0, 0.1) is 17.9 Å². The third-order valence-corrected chi connectivity index (χ3v) is 2.96. The standard InChI is InChI=1S/C18H12N4O2/c1-20-18(22-12-14-7-3-5-9-17(14)24)15(10-19)21-11-13-6-2-4-8-16(13)23/h2-9,11-12,23-24H. The number of benzene rings is 2. The molecule has 2 aromatic rings. The molecule has 116 valence electrons. The average Bonchev–Trinajstić information content (AvgIpc) is 2.60. The Balaban J connectivity index is 2.34. The van der Waals surface area contributed by atoms with Gasteiger partial charge in [-0.1, -0.05) is 30.8 Å². The Morgan fingerprint density at radius 1 is 0.958 bits per heavy atom. The Morgan fingerprint density at radius 3 is 1.92 bits per heavy atom. The summed E-state index contributed by atoms with van der Waals surface area (Å²) in [4.78, 5) is 11.0. The van der Waals surface area contributed by atoms with E-state index >= 15 is 0 Å². The van der Waals surface area contributed by atoms with Gasteiger partial charge in [0.05, 0.1) is 5.56 Å². The molecule has 0 spiro atoms. The first-order chi connectivity index (χ1) is 11.7. The maximum atomic E-state index is 9.67. The molecule has 0 fully saturated rings. The average molecular weight is 316 g/mol. The van der Waals surface area contributed by atoms with Crippen LogP contribution in [0.15, 0.2) is 70.0 Å². The molecule has 0 atom stereocenters. The fourth-order valence-corrected chi connectivity index (χ4v) is 1.74. The molecular weight excluding hydrogens is 304 g/mol. The van der Waals surface area contributed by atoms with E-state index in [0.717, 1.165) is 0 Å².